The van der Waals surface area contributed by atoms with E-state index in [2.05, 4.69) is 6.92 Å². The number of dihydropyridines is 1. The second-order valence-electron chi connectivity index (χ2n) is 6.85. The Morgan fingerprint density at radius 2 is 2.20 bits per heavy atom. The van der Waals surface area contributed by atoms with Crippen molar-refractivity contribution in [1.29, 1.82) is 0 Å². The standard InChI is InChI=1S/C19H19BN2O3/c1-9-12-4-3-11(20)5-16(12)21-18-14(9)7-22-17(18)6-13(10(2)24)15(8-23)19(22)25/h3-4,6,10,16,23-24H,5,7-8H2,1-2H3. The molecule has 0 fully saturated rings. The van der Waals surface area contributed by atoms with Gasteiger partial charge >= 0.3 is 0 Å². The lowest BCUT2D eigenvalue weighted by atomic mass is 9.78. The zero-order chi connectivity index (χ0) is 17.9. The molecule has 0 amide bonds. The Morgan fingerprint density at radius 3 is 2.88 bits per heavy atom. The molecule has 2 aliphatic heterocycles. The fraction of sp³-hybridized carbons (Fsp3) is 0.368. The van der Waals surface area contributed by atoms with Gasteiger partial charge in [-0.3, -0.25) is 9.79 Å². The van der Waals surface area contributed by atoms with Crippen molar-refractivity contribution in [2.45, 2.75) is 45.6 Å². The molecule has 1 aromatic rings. The first-order chi connectivity index (χ1) is 11.9. The average Bonchev–Trinajstić information content (AvgIpc) is 2.94. The Balaban J connectivity index is 1.94. The van der Waals surface area contributed by atoms with Gasteiger partial charge in [0.2, 0.25) is 0 Å². The maximum absolute atomic E-state index is 12.8. The van der Waals surface area contributed by atoms with Gasteiger partial charge in [0.05, 0.1) is 36.7 Å². The fourth-order valence-corrected chi connectivity index (χ4v) is 3.95. The van der Waals surface area contributed by atoms with Gasteiger partial charge < -0.3 is 14.8 Å². The van der Waals surface area contributed by atoms with Crippen LogP contribution in [0.4, 0.5) is 0 Å². The number of nitrogens with zero attached hydrogens (tertiary/aromatic N) is 2. The summed E-state index contributed by atoms with van der Waals surface area (Å²) in [5, 5.41) is 19.6. The van der Waals surface area contributed by atoms with Gasteiger partial charge in [-0.2, -0.15) is 0 Å². The minimum atomic E-state index is -0.831. The van der Waals surface area contributed by atoms with Gasteiger partial charge in [0.15, 0.2) is 0 Å². The van der Waals surface area contributed by atoms with Crippen LogP contribution in [0.3, 0.4) is 0 Å². The smallest absolute Gasteiger partial charge is 0.257 e. The first-order valence-electron chi connectivity index (χ1n) is 8.42. The second-order valence-corrected chi connectivity index (χ2v) is 6.85. The molecule has 2 radical (unpaired) electrons. The molecule has 0 saturated heterocycles. The van der Waals surface area contributed by atoms with Gasteiger partial charge in [0.1, 0.15) is 7.85 Å². The highest BCUT2D eigenvalue weighted by molar-refractivity contribution is 6.22. The Morgan fingerprint density at radius 1 is 1.44 bits per heavy atom. The first kappa shape index (κ1) is 16.3. The first-order valence-corrected chi connectivity index (χ1v) is 8.42. The van der Waals surface area contributed by atoms with Crippen molar-refractivity contribution in [2.75, 3.05) is 0 Å². The van der Waals surface area contributed by atoms with Crippen molar-refractivity contribution in [3.05, 3.63) is 67.6 Å². The number of hydrogen-bond acceptors (Lipinski definition) is 4. The van der Waals surface area contributed by atoms with Gasteiger partial charge in [0.25, 0.3) is 5.56 Å². The Bertz CT molecular complexity index is 964. The summed E-state index contributed by atoms with van der Waals surface area (Å²) in [6, 6.07) is 1.76. The lowest BCUT2D eigenvalue weighted by Crippen LogP contribution is -2.26. The molecule has 4 rings (SSSR count). The molecule has 126 valence electrons. The molecule has 5 nitrogen and oxygen atoms in total. The van der Waals surface area contributed by atoms with E-state index in [-0.39, 0.29) is 17.2 Å². The molecule has 6 heteroatoms. The van der Waals surface area contributed by atoms with Crippen LogP contribution < -0.4 is 5.56 Å². The summed E-state index contributed by atoms with van der Waals surface area (Å²) in [6.07, 6.45) is 3.77. The third-order valence-corrected chi connectivity index (χ3v) is 5.32. The van der Waals surface area contributed by atoms with Crippen molar-refractivity contribution >= 4 is 13.6 Å². The van der Waals surface area contributed by atoms with Gasteiger partial charge in [-0.05, 0) is 43.0 Å². The van der Waals surface area contributed by atoms with E-state index < -0.39 is 12.7 Å². The Hall–Kier alpha value is -2.18. The van der Waals surface area contributed by atoms with E-state index >= 15 is 0 Å². The van der Waals surface area contributed by atoms with Crippen LogP contribution in [0.5, 0.6) is 0 Å². The van der Waals surface area contributed by atoms with Crippen LogP contribution in [0.25, 0.3) is 0 Å². The van der Waals surface area contributed by atoms with E-state index in [4.69, 9.17) is 12.8 Å². The maximum Gasteiger partial charge on any atom is 0.257 e. The number of aliphatic hydroxyl groups excluding tert-OH is 2. The van der Waals surface area contributed by atoms with E-state index in [1.54, 1.807) is 17.6 Å². The maximum atomic E-state index is 12.8. The normalized spacial score (nSPS) is 22.6. The molecule has 2 atom stereocenters. The number of aromatic nitrogens is 1. The predicted molar refractivity (Wildman–Crippen MR) is 96.8 cm³/mol. The topological polar surface area (TPSA) is 74.8 Å². The highest BCUT2D eigenvalue weighted by Crippen LogP contribution is 2.37. The van der Waals surface area contributed by atoms with Crippen LogP contribution in [0.15, 0.2) is 50.2 Å². The van der Waals surface area contributed by atoms with Gasteiger partial charge in [-0.25, -0.2) is 0 Å². The second kappa shape index (κ2) is 5.68. The predicted octanol–water partition coefficient (Wildman–Crippen LogP) is 1.28. The molecule has 1 aliphatic carbocycles. The highest BCUT2D eigenvalue weighted by Gasteiger charge is 2.34. The van der Waals surface area contributed by atoms with E-state index in [1.807, 2.05) is 12.2 Å². The number of allylic oxidation sites excluding steroid dienone is 3. The molecule has 2 unspecified atom stereocenters. The van der Waals surface area contributed by atoms with Gasteiger partial charge in [0, 0.05) is 11.1 Å². The molecule has 2 N–H and O–H groups in total. The Labute approximate surface area is 147 Å². The summed E-state index contributed by atoms with van der Waals surface area (Å²) in [5.41, 5.74) is 6.06. The summed E-state index contributed by atoms with van der Waals surface area (Å²) in [6.45, 7) is 3.70. The largest absolute Gasteiger partial charge is 0.391 e. The molecule has 1 aromatic heterocycles. The molecule has 0 aromatic carbocycles. The van der Waals surface area contributed by atoms with Crippen molar-refractivity contribution in [1.82, 2.24) is 4.57 Å². The number of hydrogen-bond donors (Lipinski definition) is 2. The van der Waals surface area contributed by atoms with Crippen molar-refractivity contribution in [3.8, 4) is 0 Å². The van der Waals surface area contributed by atoms with Crippen LogP contribution in [0.1, 0.15) is 43.2 Å². The Kier molecular flexibility index (Phi) is 3.70. The number of rotatable bonds is 2. The van der Waals surface area contributed by atoms with Crippen molar-refractivity contribution < 1.29 is 10.2 Å². The minimum absolute atomic E-state index is 0.0297. The van der Waals surface area contributed by atoms with Crippen molar-refractivity contribution in [3.63, 3.8) is 0 Å². The summed E-state index contributed by atoms with van der Waals surface area (Å²) >= 11 is 0. The molecule has 0 bridgehead atoms. The zero-order valence-electron chi connectivity index (χ0n) is 14.3. The monoisotopic (exact) mass is 334 g/mol. The van der Waals surface area contributed by atoms with E-state index in [9.17, 15) is 15.0 Å². The van der Waals surface area contributed by atoms with Crippen LogP contribution >= 0.6 is 0 Å². The summed E-state index contributed by atoms with van der Waals surface area (Å²) in [4.78, 5) is 17.7. The highest BCUT2D eigenvalue weighted by atomic mass is 16.3. The molecule has 3 aliphatic rings. The van der Waals surface area contributed by atoms with Crippen LogP contribution in [-0.4, -0.2) is 34.4 Å². The van der Waals surface area contributed by atoms with Gasteiger partial charge in [-0.1, -0.05) is 12.2 Å². The summed E-state index contributed by atoms with van der Waals surface area (Å²) in [7, 11) is 5.96. The van der Waals surface area contributed by atoms with Crippen LogP contribution in [0.2, 0.25) is 0 Å². The number of aliphatic imine (C=N–C) groups is 1. The van der Waals surface area contributed by atoms with Crippen LogP contribution in [-0.2, 0) is 13.2 Å². The zero-order valence-corrected chi connectivity index (χ0v) is 14.3. The summed E-state index contributed by atoms with van der Waals surface area (Å²) in [5.74, 6) is 0. The fourth-order valence-electron chi connectivity index (χ4n) is 3.95. The molecular weight excluding hydrogens is 315 g/mol. The lowest BCUT2D eigenvalue weighted by molar-refractivity contribution is 0.192. The van der Waals surface area contributed by atoms with Crippen molar-refractivity contribution in [2.24, 2.45) is 4.99 Å². The lowest BCUT2D eigenvalue weighted by Gasteiger charge is -2.27. The molecule has 0 spiro atoms. The average molecular weight is 334 g/mol. The molecule has 3 heterocycles. The van der Waals surface area contributed by atoms with Gasteiger partial charge in [-0.15, -0.1) is 5.47 Å². The van der Waals surface area contributed by atoms with E-state index in [0.717, 1.165) is 27.9 Å². The van der Waals surface area contributed by atoms with E-state index in [0.29, 0.717) is 24.2 Å². The number of pyridine rings is 1. The van der Waals surface area contributed by atoms with Crippen LogP contribution in [0, 0.1) is 0 Å². The molecular formula is C19H19BN2O3. The quantitative estimate of drug-likeness (QED) is 0.800. The number of aliphatic hydroxyl groups is 2. The minimum Gasteiger partial charge on any atom is -0.391 e. The SMILES string of the molecule is [B]C1=CC=C2C(C)=C3Cn4c(cc(C(C)O)c(CO)c4=O)C3=NC2C1. The third kappa shape index (κ3) is 2.32. The molecule has 25 heavy (non-hydrogen) atoms. The van der Waals surface area contributed by atoms with E-state index in [1.165, 1.54) is 0 Å². The molecule has 0 saturated carbocycles. The number of fused-ring (bicyclic) bond motifs is 4. The summed E-state index contributed by atoms with van der Waals surface area (Å²) < 4.78 is 1.64. The third-order valence-electron chi connectivity index (χ3n) is 5.32.